The fourth-order valence-corrected chi connectivity index (χ4v) is 4.87. The van der Waals surface area contributed by atoms with E-state index in [-0.39, 0.29) is 11.5 Å². The number of aromatic nitrogens is 2. The van der Waals surface area contributed by atoms with Crippen LogP contribution in [0, 0.1) is 0 Å². The molecule has 9 nitrogen and oxygen atoms in total. The second-order valence-electron chi connectivity index (χ2n) is 9.24. The molecule has 4 rings (SSSR count). The molecule has 1 atom stereocenters. The number of sulfone groups is 1. The van der Waals surface area contributed by atoms with Crippen LogP contribution in [0.15, 0.2) is 59.5 Å². The smallest absolute Gasteiger partial charge is 0.175 e. The molecule has 1 aliphatic rings. The van der Waals surface area contributed by atoms with Crippen LogP contribution in [0.1, 0.15) is 12.8 Å². The Labute approximate surface area is 218 Å². The molecule has 0 bridgehead atoms. The number of anilines is 1. The number of hydrogen-bond acceptors (Lipinski definition) is 9. The minimum atomic E-state index is -3.30. The normalized spacial score (nSPS) is 15.4. The molecule has 1 saturated heterocycles. The molecule has 3 aromatic rings. The van der Waals surface area contributed by atoms with Crippen molar-refractivity contribution >= 4 is 15.7 Å². The van der Waals surface area contributed by atoms with E-state index in [1.807, 2.05) is 37.4 Å². The molecule has 0 amide bonds. The number of aliphatic hydroxyl groups is 1. The van der Waals surface area contributed by atoms with Gasteiger partial charge in [0.05, 0.1) is 10.6 Å². The number of nitrogens with one attached hydrogen (secondary N) is 1. The molecule has 198 valence electrons. The van der Waals surface area contributed by atoms with E-state index in [1.165, 1.54) is 6.26 Å². The lowest BCUT2D eigenvalue weighted by Crippen LogP contribution is -2.37. The number of ether oxygens (including phenoxy) is 2. The largest absolute Gasteiger partial charge is 0.491 e. The fourth-order valence-electron chi connectivity index (χ4n) is 4.24. The second kappa shape index (κ2) is 12.0. The highest BCUT2D eigenvalue weighted by Gasteiger charge is 2.21. The maximum Gasteiger partial charge on any atom is 0.175 e. The molecular weight excluding hydrogens is 492 g/mol. The monoisotopic (exact) mass is 526 g/mol. The molecule has 1 aliphatic heterocycles. The van der Waals surface area contributed by atoms with Crippen LogP contribution in [0.2, 0.25) is 0 Å². The number of rotatable bonds is 10. The summed E-state index contributed by atoms with van der Waals surface area (Å²) in [6, 6.07) is 16.4. The van der Waals surface area contributed by atoms with Gasteiger partial charge in [-0.3, -0.25) is 0 Å². The first kappa shape index (κ1) is 27.0. The zero-order chi connectivity index (χ0) is 26.4. The number of likely N-dealkylation sites (N-methyl/N-ethyl adjacent to an activating group) is 1. The standard InChI is InChI=1S/C27H34N4O5S/c1-28-17-22(32)18-36-23-6-4-5-20(15-23)27-29-25(19-7-9-24(10-8-19)37(3,33)34)16-26(30-27)31(2)21-11-13-35-14-12-21/h4-10,15-16,21-22,28,32H,11-14,17-18H2,1-3H3/t22-/m0/s1. The Kier molecular flexibility index (Phi) is 8.75. The van der Waals surface area contributed by atoms with Gasteiger partial charge in [-0.15, -0.1) is 0 Å². The van der Waals surface area contributed by atoms with E-state index in [9.17, 15) is 13.5 Å². The van der Waals surface area contributed by atoms with Crippen molar-refractivity contribution in [2.75, 3.05) is 51.6 Å². The van der Waals surface area contributed by atoms with Crippen molar-refractivity contribution in [3.05, 3.63) is 54.6 Å². The molecule has 0 radical (unpaired) electrons. The Morgan fingerprint density at radius 2 is 1.84 bits per heavy atom. The molecule has 2 aromatic carbocycles. The van der Waals surface area contributed by atoms with Crippen LogP contribution < -0.4 is 15.0 Å². The molecule has 1 aromatic heterocycles. The Bertz CT molecular complexity index is 1290. The molecule has 0 spiro atoms. The third kappa shape index (κ3) is 7.04. The van der Waals surface area contributed by atoms with E-state index < -0.39 is 15.9 Å². The zero-order valence-electron chi connectivity index (χ0n) is 21.4. The molecule has 10 heteroatoms. The minimum absolute atomic E-state index is 0.162. The van der Waals surface area contributed by atoms with Gasteiger partial charge in [0.2, 0.25) is 0 Å². The summed E-state index contributed by atoms with van der Waals surface area (Å²) in [5.74, 6) is 1.91. The van der Waals surface area contributed by atoms with E-state index >= 15 is 0 Å². The van der Waals surface area contributed by atoms with Crippen molar-refractivity contribution in [3.8, 4) is 28.4 Å². The van der Waals surface area contributed by atoms with Gasteiger partial charge in [0.1, 0.15) is 24.3 Å². The first-order valence-electron chi connectivity index (χ1n) is 12.3. The lowest BCUT2D eigenvalue weighted by Gasteiger charge is -2.32. The van der Waals surface area contributed by atoms with Gasteiger partial charge in [-0.05, 0) is 44.2 Å². The molecule has 1 fully saturated rings. The van der Waals surface area contributed by atoms with Crippen molar-refractivity contribution in [1.82, 2.24) is 15.3 Å². The quantitative estimate of drug-likeness (QED) is 0.412. The lowest BCUT2D eigenvalue weighted by atomic mass is 10.1. The lowest BCUT2D eigenvalue weighted by molar-refractivity contribution is 0.0853. The average molecular weight is 527 g/mol. The Morgan fingerprint density at radius 1 is 1.11 bits per heavy atom. The van der Waals surface area contributed by atoms with Crippen LogP contribution in [0.25, 0.3) is 22.6 Å². The summed E-state index contributed by atoms with van der Waals surface area (Å²) in [7, 11) is 0.507. The average Bonchev–Trinajstić information content (AvgIpc) is 2.91. The van der Waals surface area contributed by atoms with Crippen LogP contribution in [-0.2, 0) is 14.6 Å². The highest BCUT2D eigenvalue weighted by atomic mass is 32.2. The van der Waals surface area contributed by atoms with Gasteiger partial charge in [0, 0.05) is 56.3 Å². The van der Waals surface area contributed by atoms with E-state index in [0.29, 0.717) is 43.1 Å². The maximum absolute atomic E-state index is 11.9. The Morgan fingerprint density at radius 3 is 2.51 bits per heavy atom. The van der Waals surface area contributed by atoms with Gasteiger partial charge in [-0.1, -0.05) is 24.3 Å². The number of aliphatic hydroxyl groups excluding tert-OH is 1. The van der Waals surface area contributed by atoms with Crippen LogP contribution in [-0.4, -0.2) is 82.4 Å². The van der Waals surface area contributed by atoms with E-state index in [2.05, 4.69) is 10.2 Å². The van der Waals surface area contributed by atoms with Crippen LogP contribution in [0.4, 0.5) is 5.82 Å². The van der Waals surface area contributed by atoms with Crippen LogP contribution >= 0.6 is 0 Å². The predicted octanol–water partition coefficient (Wildman–Crippen LogP) is 2.79. The number of benzene rings is 2. The molecule has 0 unspecified atom stereocenters. The van der Waals surface area contributed by atoms with Crippen molar-refractivity contribution in [1.29, 1.82) is 0 Å². The van der Waals surface area contributed by atoms with Crippen LogP contribution in [0.5, 0.6) is 5.75 Å². The third-order valence-electron chi connectivity index (χ3n) is 6.37. The van der Waals surface area contributed by atoms with E-state index in [0.717, 1.165) is 29.8 Å². The van der Waals surface area contributed by atoms with E-state index in [4.69, 9.17) is 19.4 Å². The second-order valence-corrected chi connectivity index (χ2v) is 11.3. The molecule has 37 heavy (non-hydrogen) atoms. The van der Waals surface area contributed by atoms with Gasteiger partial charge in [-0.25, -0.2) is 18.4 Å². The van der Waals surface area contributed by atoms with E-state index in [1.54, 1.807) is 31.3 Å². The maximum atomic E-state index is 11.9. The van der Waals surface area contributed by atoms with Gasteiger partial charge in [0.25, 0.3) is 0 Å². The number of nitrogens with zero attached hydrogens (tertiary/aromatic N) is 3. The molecule has 2 N–H and O–H groups in total. The highest BCUT2D eigenvalue weighted by molar-refractivity contribution is 7.90. The molecule has 0 saturated carbocycles. The van der Waals surface area contributed by atoms with Crippen molar-refractivity contribution in [3.63, 3.8) is 0 Å². The number of hydrogen-bond donors (Lipinski definition) is 2. The van der Waals surface area contributed by atoms with Crippen LogP contribution in [0.3, 0.4) is 0 Å². The van der Waals surface area contributed by atoms with Crippen molar-refractivity contribution in [2.45, 2.75) is 29.9 Å². The summed E-state index contributed by atoms with van der Waals surface area (Å²) in [5, 5.41) is 12.9. The third-order valence-corrected chi connectivity index (χ3v) is 7.49. The SMILES string of the molecule is CNC[C@H](O)COc1cccc(-c2nc(-c3ccc(S(C)(=O)=O)cc3)cc(N(C)C3CCOCC3)n2)c1. The first-order valence-corrected chi connectivity index (χ1v) is 14.2. The van der Waals surface area contributed by atoms with Gasteiger partial charge < -0.3 is 24.8 Å². The Hall–Kier alpha value is -3.05. The van der Waals surface area contributed by atoms with Gasteiger partial charge >= 0.3 is 0 Å². The predicted molar refractivity (Wildman–Crippen MR) is 144 cm³/mol. The first-order chi connectivity index (χ1) is 17.7. The van der Waals surface area contributed by atoms with Crippen molar-refractivity contribution < 1.29 is 23.0 Å². The van der Waals surface area contributed by atoms with Crippen molar-refractivity contribution in [2.24, 2.45) is 0 Å². The topological polar surface area (TPSA) is 114 Å². The molecule has 0 aliphatic carbocycles. The minimum Gasteiger partial charge on any atom is -0.491 e. The summed E-state index contributed by atoms with van der Waals surface area (Å²) in [6.45, 7) is 2.03. The molecular formula is C27H34N4O5S. The summed E-state index contributed by atoms with van der Waals surface area (Å²) >= 11 is 0. The zero-order valence-corrected chi connectivity index (χ0v) is 22.2. The summed E-state index contributed by atoms with van der Waals surface area (Å²) in [5.41, 5.74) is 2.26. The molecule has 2 heterocycles. The Balaban J connectivity index is 1.70. The highest BCUT2D eigenvalue weighted by Crippen LogP contribution is 2.30. The summed E-state index contributed by atoms with van der Waals surface area (Å²) in [4.78, 5) is 12.1. The summed E-state index contributed by atoms with van der Waals surface area (Å²) in [6.07, 6.45) is 2.39. The fraction of sp³-hybridized carbons (Fsp3) is 0.407. The van der Waals surface area contributed by atoms with Gasteiger partial charge in [-0.2, -0.15) is 0 Å². The summed E-state index contributed by atoms with van der Waals surface area (Å²) < 4.78 is 35.2. The van der Waals surface area contributed by atoms with Gasteiger partial charge in [0.15, 0.2) is 15.7 Å².